The van der Waals surface area contributed by atoms with Gasteiger partial charge in [-0.05, 0) is 54.3 Å². The van der Waals surface area contributed by atoms with Gasteiger partial charge in [0.1, 0.15) is 11.5 Å². The first-order valence-electron chi connectivity index (χ1n) is 7.83. The molecule has 0 aliphatic carbocycles. The van der Waals surface area contributed by atoms with Gasteiger partial charge in [-0.2, -0.15) is 4.31 Å². The number of hydrogen-bond donors (Lipinski definition) is 0. The summed E-state index contributed by atoms with van der Waals surface area (Å²) in [6.45, 7) is 1.03. The molecule has 1 heterocycles. The molecule has 1 aliphatic heterocycles. The molecular weight excluding hydrogens is 326 g/mol. The number of hydrogen-bond acceptors (Lipinski definition) is 4. The summed E-state index contributed by atoms with van der Waals surface area (Å²) >= 11 is 0. The molecule has 0 spiro atoms. The van der Waals surface area contributed by atoms with Crippen molar-refractivity contribution in [3.63, 3.8) is 0 Å². The lowest BCUT2D eigenvalue weighted by Crippen LogP contribution is -2.28. The molecule has 0 saturated carbocycles. The molecule has 2 aromatic carbocycles. The predicted molar refractivity (Wildman–Crippen MR) is 92.1 cm³/mol. The van der Waals surface area contributed by atoms with E-state index in [-0.39, 0.29) is 5.92 Å². The van der Waals surface area contributed by atoms with Crippen molar-refractivity contribution in [2.75, 3.05) is 27.3 Å². The summed E-state index contributed by atoms with van der Waals surface area (Å²) in [6.07, 6.45) is 0.821. The third-order valence-corrected chi connectivity index (χ3v) is 6.31. The fourth-order valence-electron chi connectivity index (χ4n) is 2.99. The highest BCUT2D eigenvalue weighted by Gasteiger charge is 2.33. The van der Waals surface area contributed by atoms with Gasteiger partial charge < -0.3 is 9.47 Å². The number of nitrogens with zero attached hydrogens (tertiary/aromatic N) is 1. The third kappa shape index (κ3) is 3.25. The lowest BCUT2D eigenvalue weighted by molar-refractivity contribution is 0.414. The Morgan fingerprint density at radius 3 is 2.00 bits per heavy atom. The molecular formula is C18H21NO4S. The smallest absolute Gasteiger partial charge is 0.243 e. The molecule has 1 saturated heterocycles. The monoisotopic (exact) mass is 347 g/mol. The van der Waals surface area contributed by atoms with Crippen molar-refractivity contribution < 1.29 is 17.9 Å². The average molecular weight is 347 g/mol. The van der Waals surface area contributed by atoms with Crippen LogP contribution in [0.15, 0.2) is 53.4 Å². The fourth-order valence-corrected chi connectivity index (χ4v) is 4.49. The summed E-state index contributed by atoms with van der Waals surface area (Å²) in [5.41, 5.74) is 1.14. The molecule has 128 valence electrons. The molecule has 6 heteroatoms. The van der Waals surface area contributed by atoms with E-state index in [9.17, 15) is 8.42 Å². The molecule has 0 aromatic heterocycles. The summed E-state index contributed by atoms with van der Waals surface area (Å²) in [7, 11) is -0.273. The van der Waals surface area contributed by atoms with Gasteiger partial charge in [0.2, 0.25) is 10.0 Å². The van der Waals surface area contributed by atoms with Gasteiger partial charge in [0.25, 0.3) is 0 Å². The van der Waals surface area contributed by atoms with Gasteiger partial charge >= 0.3 is 0 Å². The number of rotatable bonds is 5. The van der Waals surface area contributed by atoms with Gasteiger partial charge in [0.05, 0.1) is 19.1 Å². The lowest BCUT2D eigenvalue weighted by Gasteiger charge is -2.17. The van der Waals surface area contributed by atoms with Gasteiger partial charge in [-0.25, -0.2) is 8.42 Å². The average Bonchev–Trinajstić information content (AvgIpc) is 3.13. The van der Waals surface area contributed by atoms with Crippen LogP contribution >= 0.6 is 0 Å². The highest BCUT2D eigenvalue weighted by molar-refractivity contribution is 7.89. The van der Waals surface area contributed by atoms with Crippen LogP contribution in [-0.2, 0) is 10.0 Å². The minimum Gasteiger partial charge on any atom is -0.497 e. The Morgan fingerprint density at radius 2 is 1.46 bits per heavy atom. The van der Waals surface area contributed by atoms with E-state index in [2.05, 4.69) is 0 Å². The maximum atomic E-state index is 12.8. The zero-order valence-corrected chi connectivity index (χ0v) is 14.6. The molecule has 0 N–H and O–H groups in total. The first-order valence-corrected chi connectivity index (χ1v) is 9.27. The Bertz CT molecular complexity index is 785. The van der Waals surface area contributed by atoms with Crippen molar-refractivity contribution >= 4 is 10.0 Å². The maximum Gasteiger partial charge on any atom is 0.243 e. The van der Waals surface area contributed by atoms with E-state index in [0.717, 1.165) is 17.7 Å². The van der Waals surface area contributed by atoms with E-state index in [1.54, 1.807) is 42.8 Å². The topological polar surface area (TPSA) is 55.8 Å². The number of ether oxygens (including phenoxy) is 2. The standard InChI is InChI=1S/C18H21NO4S/c1-22-16-5-3-14(4-6-16)15-11-12-19(13-15)24(20,21)18-9-7-17(23-2)8-10-18/h3-10,15H,11-13H2,1-2H3. The van der Waals surface area contributed by atoms with Crippen LogP contribution in [0.3, 0.4) is 0 Å². The van der Waals surface area contributed by atoms with E-state index < -0.39 is 10.0 Å². The van der Waals surface area contributed by atoms with Gasteiger partial charge in [-0.3, -0.25) is 0 Å². The van der Waals surface area contributed by atoms with Gasteiger partial charge in [-0.15, -0.1) is 0 Å². The fraction of sp³-hybridized carbons (Fsp3) is 0.333. The van der Waals surface area contributed by atoms with Crippen molar-refractivity contribution in [2.45, 2.75) is 17.2 Å². The zero-order valence-electron chi connectivity index (χ0n) is 13.8. The molecule has 0 amide bonds. The zero-order chi connectivity index (χ0) is 17.2. The van der Waals surface area contributed by atoms with Crippen molar-refractivity contribution in [1.82, 2.24) is 4.31 Å². The normalized spacial score (nSPS) is 18.5. The van der Waals surface area contributed by atoms with E-state index in [0.29, 0.717) is 23.7 Å². The maximum absolute atomic E-state index is 12.8. The molecule has 0 bridgehead atoms. The van der Waals surface area contributed by atoms with Gasteiger partial charge in [0, 0.05) is 13.1 Å². The Balaban J connectivity index is 1.75. The van der Waals surface area contributed by atoms with E-state index in [4.69, 9.17) is 9.47 Å². The molecule has 1 aliphatic rings. The summed E-state index contributed by atoms with van der Waals surface area (Å²) in [5, 5.41) is 0. The van der Waals surface area contributed by atoms with Crippen LogP contribution < -0.4 is 9.47 Å². The number of sulfonamides is 1. The highest BCUT2D eigenvalue weighted by atomic mass is 32.2. The van der Waals surface area contributed by atoms with Gasteiger partial charge in [0.15, 0.2) is 0 Å². The Labute approximate surface area is 142 Å². The summed E-state index contributed by atoms with van der Waals surface area (Å²) in [4.78, 5) is 0.304. The first-order chi connectivity index (χ1) is 11.5. The Hall–Kier alpha value is -2.05. The molecule has 3 rings (SSSR count). The Morgan fingerprint density at radius 1 is 0.917 bits per heavy atom. The number of benzene rings is 2. The predicted octanol–water partition coefficient (Wildman–Crippen LogP) is 2.88. The Kier molecular flexibility index (Phi) is 4.78. The molecule has 5 nitrogen and oxygen atoms in total. The van der Waals surface area contributed by atoms with E-state index in [1.165, 1.54) is 0 Å². The summed E-state index contributed by atoms with van der Waals surface area (Å²) < 4.78 is 37.4. The SMILES string of the molecule is COc1ccc(C2CCN(S(=O)(=O)c3ccc(OC)cc3)C2)cc1. The molecule has 1 fully saturated rings. The van der Waals surface area contributed by atoms with Crippen LogP contribution in [0.25, 0.3) is 0 Å². The van der Waals surface area contributed by atoms with Crippen molar-refractivity contribution in [3.8, 4) is 11.5 Å². The van der Waals surface area contributed by atoms with Crippen molar-refractivity contribution in [3.05, 3.63) is 54.1 Å². The van der Waals surface area contributed by atoms with Crippen molar-refractivity contribution in [2.24, 2.45) is 0 Å². The van der Waals surface area contributed by atoms with E-state index >= 15 is 0 Å². The highest BCUT2D eigenvalue weighted by Crippen LogP contribution is 2.32. The third-order valence-electron chi connectivity index (χ3n) is 4.44. The van der Waals surface area contributed by atoms with Crippen LogP contribution in [0, 0.1) is 0 Å². The molecule has 2 aromatic rings. The van der Waals surface area contributed by atoms with E-state index in [1.807, 2.05) is 24.3 Å². The lowest BCUT2D eigenvalue weighted by atomic mass is 9.99. The second kappa shape index (κ2) is 6.83. The first kappa shape index (κ1) is 16.8. The summed E-state index contributed by atoms with van der Waals surface area (Å²) in [5.74, 6) is 1.66. The molecule has 24 heavy (non-hydrogen) atoms. The quantitative estimate of drug-likeness (QED) is 0.834. The molecule has 1 unspecified atom stereocenters. The van der Waals surface area contributed by atoms with Crippen LogP contribution in [0.1, 0.15) is 17.9 Å². The second-order valence-electron chi connectivity index (χ2n) is 5.80. The molecule has 1 atom stereocenters. The second-order valence-corrected chi connectivity index (χ2v) is 7.74. The minimum absolute atomic E-state index is 0.212. The largest absolute Gasteiger partial charge is 0.497 e. The van der Waals surface area contributed by atoms with Crippen LogP contribution in [0.4, 0.5) is 0 Å². The van der Waals surface area contributed by atoms with Crippen LogP contribution in [0.2, 0.25) is 0 Å². The minimum atomic E-state index is -3.46. The van der Waals surface area contributed by atoms with Crippen molar-refractivity contribution in [1.29, 1.82) is 0 Å². The van der Waals surface area contributed by atoms with Crippen LogP contribution in [0.5, 0.6) is 11.5 Å². The van der Waals surface area contributed by atoms with Gasteiger partial charge in [-0.1, -0.05) is 12.1 Å². The summed E-state index contributed by atoms with van der Waals surface area (Å²) in [6, 6.07) is 14.4. The molecule has 0 radical (unpaired) electrons. The van der Waals surface area contributed by atoms with Crippen LogP contribution in [-0.4, -0.2) is 40.0 Å². The number of methoxy groups -OCH3 is 2.